The Bertz CT molecular complexity index is 192. The lowest BCUT2D eigenvalue weighted by Crippen LogP contribution is -2.55. The second-order valence-electron chi connectivity index (χ2n) is 5.09. The summed E-state index contributed by atoms with van der Waals surface area (Å²) in [7, 11) is 2.04. The van der Waals surface area contributed by atoms with Gasteiger partial charge >= 0.3 is 0 Å². The number of aliphatic hydroxyl groups is 1. The molecule has 0 amide bonds. The first-order valence-electron chi connectivity index (χ1n) is 6.18. The van der Waals surface area contributed by atoms with Gasteiger partial charge in [-0.25, -0.2) is 0 Å². The van der Waals surface area contributed by atoms with Gasteiger partial charge in [-0.05, 0) is 38.6 Å². The molecule has 0 radical (unpaired) electrons. The topological polar surface area (TPSA) is 41.5 Å². The smallest absolute Gasteiger partial charge is 0.0502 e. The van der Waals surface area contributed by atoms with Crippen molar-refractivity contribution in [3.05, 3.63) is 0 Å². The van der Waals surface area contributed by atoms with E-state index in [4.69, 9.17) is 4.74 Å². The molecule has 1 saturated heterocycles. The second-order valence-corrected chi connectivity index (χ2v) is 5.09. The molecule has 1 aliphatic carbocycles. The Labute approximate surface area is 92.2 Å². The summed E-state index contributed by atoms with van der Waals surface area (Å²) in [5.41, 5.74) is 0.177. The Kier molecular flexibility index (Phi) is 3.65. The van der Waals surface area contributed by atoms with E-state index < -0.39 is 0 Å². The van der Waals surface area contributed by atoms with Crippen LogP contribution in [0.25, 0.3) is 0 Å². The van der Waals surface area contributed by atoms with E-state index >= 15 is 0 Å². The van der Waals surface area contributed by atoms with Crippen molar-refractivity contribution in [1.29, 1.82) is 0 Å². The van der Waals surface area contributed by atoms with E-state index in [9.17, 15) is 5.11 Å². The first kappa shape index (κ1) is 11.4. The van der Waals surface area contributed by atoms with Crippen LogP contribution in [-0.4, -0.2) is 38.0 Å². The molecule has 0 aromatic carbocycles. The van der Waals surface area contributed by atoms with E-state index in [0.29, 0.717) is 18.6 Å². The molecule has 2 aliphatic rings. The molecular formula is C12H23NO2. The van der Waals surface area contributed by atoms with Crippen LogP contribution in [0.15, 0.2) is 0 Å². The zero-order valence-electron chi connectivity index (χ0n) is 9.67. The lowest BCUT2D eigenvalue weighted by molar-refractivity contribution is -0.0379. The highest BCUT2D eigenvalue weighted by molar-refractivity contribution is 4.99. The fourth-order valence-corrected chi connectivity index (χ4v) is 3.29. The molecule has 1 unspecified atom stereocenters. The average Bonchev–Trinajstić information content (AvgIpc) is 2.24. The summed E-state index contributed by atoms with van der Waals surface area (Å²) in [6, 6.07) is 0.486. The largest absolute Gasteiger partial charge is 0.396 e. The van der Waals surface area contributed by atoms with Gasteiger partial charge in [0.1, 0.15) is 0 Å². The normalized spacial score (nSPS) is 28.4. The quantitative estimate of drug-likeness (QED) is 0.736. The fraction of sp³-hybridized carbons (Fsp3) is 1.00. The van der Waals surface area contributed by atoms with Gasteiger partial charge in [0, 0.05) is 24.7 Å². The van der Waals surface area contributed by atoms with Crippen LogP contribution in [0, 0.1) is 11.3 Å². The van der Waals surface area contributed by atoms with Gasteiger partial charge in [-0.15, -0.1) is 0 Å². The van der Waals surface area contributed by atoms with Crippen LogP contribution < -0.4 is 5.32 Å². The Morgan fingerprint density at radius 2 is 2.07 bits per heavy atom. The molecular weight excluding hydrogens is 190 g/mol. The Hall–Kier alpha value is -0.120. The number of nitrogens with one attached hydrogen (secondary N) is 1. The second kappa shape index (κ2) is 4.81. The van der Waals surface area contributed by atoms with Crippen LogP contribution in [0.1, 0.15) is 32.1 Å². The third-order valence-corrected chi connectivity index (χ3v) is 4.37. The third kappa shape index (κ3) is 2.05. The molecule has 0 bridgehead atoms. The van der Waals surface area contributed by atoms with Gasteiger partial charge in [0.25, 0.3) is 0 Å². The van der Waals surface area contributed by atoms with Crippen molar-refractivity contribution in [1.82, 2.24) is 5.32 Å². The standard InChI is InChI=1S/C12H23NO2/c1-13-11(10-3-7-15-8-4-10)12(9-14)5-2-6-12/h10-11,13-14H,2-9H2,1H3. The first-order valence-corrected chi connectivity index (χ1v) is 6.18. The molecule has 1 atom stereocenters. The highest BCUT2D eigenvalue weighted by atomic mass is 16.5. The molecule has 2 fully saturated rings. The van der Waals surface area contributed by atoms with Crippen LogP contribution in [0.5, 0.6) is 0 Å². The van der Waals surface area contributed by atoms with E-state index in [1.807, 2.05) is 7.05 Å². The molecule has 3 heteroatoms. The lowest BCUT2D eigenvalue weighted by atomic mass is 9.60. The van der Waals surface area contributed by atoms with Crippen LogP contribution in [-0.2, 0) is 4.74 Å². The Morgan fingerprint density at radius 1 is 1.40 bits per heavy atom. The number of ether oxygens (including phenoxy) is 1. The summed E-state index contributed by atoms with van der Waals surface area (Å²) in [5.74, 6) is 0.691. The van der Waals surface area contributed by atoms with E-state index in [1.54, 1.807) is 0 Å². The van der Waals surface area contributed by atoms with Gasteiger partial charge in [0.2, 0.25) is 0 Å². The van der Waals surface area contributed by atoms with Crippen LogP contribution in [0.3, 0.4) is 0 Å². The van der Waals surface area contributed by atoms with Crippen molar-refractivity contribution >= 4 is 0 Å². The van der Waals surface area contributed by atoms with Crippen LogP contribution in [0.4, 0.5) is 0 Å². The molecule has 0 aromatic rings. The Balaban J connectivity index is 2.01. The summed E-state index contributed by atoms with van der Waals surface area (Å²) < 4.78 is 5.40. The number of hydrogen-bond donors (Lipinski definition) is 2. The summed E-state index contributed by atoms with van der Waals surface area (Å²) in [5, 5.41) is 13.0. The van der Waals surface area contributed by atoms with E-state index in [2.05, 4.69) is 5.32 Å². The third-order valence-electron chi connectivity index (χ3n) is 4.37. The van der Waals surface area contributed by atoms with Gasteiger partial charge in [0.05, 0.1) is 6.61 Å². The molecule has 1 aliphatic heterocycles. The van der Waals surface area contributed by atoms with Crippen molar-refractivity contribution in [3.63, 3.8) is 0 Å². The predicted octanol–water partition coefficient (Wildman–Crippen LogP) is 1.16. The van der Waals surface area contributed by atoms with Crippen molar-refractivity contribution in [2.24, 2.45) is 11.3 Å². The van der Waals surface area contributed by atoms with Gasteiger partial charge < -0.3 is 15.2 Å². The average molecular weight is 213 g/mol. The van der Waals surface area contributed by atoms with E-state index in [1.165, 1.54) is 19.3 Å². The maximum atomic E-state index is 9.60. The molecule has 2 N–H and O–H groups in total. The summed E-state index contributed by atoms with van der Waals surface area (Å²) in [6.07, 6.45) is 5.95. The lowest BCUT2D eigenvalue weighted by Gasteiger charge is -2.50. The molecule has 0 aromatic heterocycles. The molecule has 2 rings (SSSR count). The highest BCUT2D eigenvalue weighted by Crippen LogP contribution is 2.46. The zero-order chi connectivity index (χ0) is 10.7. The molecule has 0 spiro atoms. The number of rotatable bonds is 4. The van der Waals surface area contributed by atoms with Crippen LogP contribution >= 0.6 is 0 Å². The summed E-state index contributed by atoms with van der Waals surface area (Å²) in [6.45, 7) is 2.13. The molecule has 88 valence electrons. The SMILES string of the molecule is CNC(C1CCOCC1)C1(CO)CCC1. The maximum Gasteiger partial charge on any atom is 0.0502 e. The van der Waals surface area contributed by atoms with E-state index in [-0.39, 0.29) is 5.41 Å². The maximum absolute atomic E-state index is 9.60. The monoisotopic (exact) mass is 213 g/mol. The molecule has 1 heterocycles. The van der Waals surface area contributed by atoms with Crippen molar-refractivity contribution in [3.8, 4) is 0 Å². The van der Waals surface area contributed by atoms with Gasteiger partial charge in [-0.3, -0.25) is 0 Å². The van der Waals surface area contributed by atoms with Crippen LogP contribution in [0.2, 0.25) is 0 Å². The predicted molar refractivity (Wildman–Crippen MR) is 59.8 cm³/mol. The van der Waals surface area contributed by atoms with Gasteiger partial charge in [-0.1, -0.05) is 6.42 Å². The first-order chi connectivity index (χ1) is 7.32. The molecule has 1 saturated carbocycles. The minimum atomic E-state index is 0.177. The molecule has 3 nitrogen and oxygen atoms in total. The van der Waals surface area contributed by atoms with Crippen molar-refractivity contribution in [2.75, 3.05) is 26.9 Å². The summed E-state index contributed by atoms with van der Waals surface area (Å²) in [4.78, 5) is 0. The van der Waals surface area contributed by atoms with E-state index in [0.717, 1.165) is 26.1 Å². The fourth-order valence-electron chi connectivity index (χ4n) is 3.29. The number of aliphatic hydroxyl groups excluding tert-OH is 1. The van der Waals surface area contributed by atoms with Gasteiger partial charge in [0.15, 0.2) is 0 Å². The minimum Gasteiger partial charge on any atom is -0.396 e. The highest BCUT2D eigenvalue weighted by Gasteiger charge is 2.46. The summed E-state index contributed by atoms with van der Waals surface area (Å²) >= 11 is 0. The Morgan fingerprint density at radius 3 is 2.47 bits per heavy atom. The zero-order valence-corrected chi connectivity index (χ0v) is 9.67. The molecule has 15 heavy (non-hydrogen) atoms. The van der Waals surface area contributed by atoms with Crippen molar-refractivity contribution in [2.45, 2.75) is 38.1 Å². The van der Waals surface area contributed by atoms with Crippen molar-refractivity contribution < 1.29 is 9.84 Å². The number of hydrogen-bond acceptors (Lipinski definition) is 3. The minimum absolute atomic E-state index is 0.177. The van der Waals surface area contributed by atoms with Gasteiger partial charge in [-0.2, -0.15) is 0 Å².